The predicted molar refractivity (Wildman–Crippen MR) is 92.2 cm³/mol. The zero-order valence-electron chi connectivity index (χ0n) is 13.1. The van der Waals surface area contributed by atoms with E-state index in [0.29, 0.717) is 5.82 Å². The van der Waals surface area contributed by atoms with Crippen molar-refractivity contribution in [3.8, 4) is 11.3 Å². The lowest BCUT2D eigenvalue weighted by Crippen LogP contribution is -2.23. The van der Waals surface area contributed by atoms with Gasteiger partial charge in [0.2, 0.25) is 5.91 Å². The van der Waals surface area contributed by atoms with E-state index in [-0.39, 0.29) is 23.9 Å². The quantitative estimate of drug-likeness (QED) is 0.566. The summed E-state index contributed by atoms with van der Waals surface area (Å²) in [5, 5.41) is 21.1. The Bertz CT molecular complexity index is 965. The van der Waals surface area contributed by atoms with Crippen LogP contribution in [0.4, 0.5) is 11.5 Å². The van der Waals surface area contributed by atoms with Gasteiger partial charge in [0, 0.05) is 30.0 Å². The minimum atomic E-state index is -0.430. The number of nitro benzene ring substituents is 1. The maximum absolute atomic E-state index is 12.1. The Kier molecular flexibility index (Phi) is 3.53. The summed E-state index contributed by atoms with van der Waals surface area (Å²) in [4.78, 5) is 22.7. The van der Waals surface area contributed by atoms with Gasteiger partial charge in [-0.3, -0.25) is 20.0 Å². The fourth-order valence-electron chi connectivity index (χ4n) is 3.22. The SMILES string of the molecule is O=C1C[C@H](c2cccc([N+](=O)[O-])c2)c2c(n[nH]c2-c2ccccc2)N1. The highest BCUT2D eigenvalue weighted by molar-refractivity contribution is 5.96. The number of anilines is 1. The van der Waals surface area contributed by atoms with Crippen LogP contribution in [0.15, 0.2) is 54.6 Å². The number of benzene rings is 2. The van der Waals surface area contributed by atoms with Crippen LogP contribution < -0.4 is 5.32 Å². The zero-order valence-corrected chi connectivity index (χ0v) is 13.1. The highest BCUT2D eigenvalue weighted by Crippen LogP contribution is 2.42. The lowest BCUT2D eigenvalue weighted by molar-refractivity contribution is -0.384. The maximum atomic E-state index is 12.1. The number of fused-ring (bicyclic) bond motifs is 1. The van der Waals surface area contributed by atoms with Crippen LogP contribution >= 0.6 is 0 Å². The highest BCUT2D eigenvalue weighted by atomic mass is 16.6. The molecule has 0 saturated heterocycles. The Balaban J connectivity index is 1.87. The molecule has 7 heteroatoms. The van der Waals surface area contributed by atoms with E-state index < -0.39 is 4.92 Å². The molecule has 1 aromatic heterocycles. The molecule has 3 aromatic rings. The van der Waals surface area contributed by atoms with E-state index in [2.05, 4.69) is 15.5 Å². The van der Waals surface area contributed by atoms with Crippen LogP contribution in [0, 0.1) is 10.1 Å². The summed E-state index contributed by atoms with van der Waals surface area (Å²) in [7, 11) is 0. The van der Waals surface area contributed by atoms with Gasteiger partial charge in [-0.05, 0) is 11.1 Å². The molecule has 1 aliphatic rings. The minimum Gasteiger partial charge on any atom is -0.309 e. The van der Waals surface area contributed by atoms with Crippen LogP contribution in [-0.4, -0.2) is 21.0 Å². The van der Waals surface area contributed by atoms with Crippen LogP contribution in [0.5, 0.6) is 0 Å². The number of nitrogens with one attached hydrogen (secondary N) is 2. The van der Waals surface area contributed by atoms with Crippen LogP contribution in [-0.2, 0) is 4.79 Å². The first-order valence-electron chi connectivity index (χ1n) is 7.81. The first-order valence-corrected chi connectivity index (χ1v) is 7.81. The molecule has 0 fully saturated rings. The number of nitro groups is 1. The summed E-state index contributed by atoms with van der Waals surface area (Å²) in [6.07, 6.45) is 0.216. The molecule has 0 bridgehead atoms. The van der Waals surface area contributed by atoms with E-state index in [1.54, 1.807) is 6.07 Å². The molecule has 0 aliphatic carbocycles. The first kappa shape index (κ1) is 15.1. The molecular formula is C18H14N4O3. The van der Waals surface area contributed by atoms with Gasteiger partial charge in [-0.15, -0.1) is 0 Å². The summed E-state index contributed by atoms with van der Waals surface area (Å²) in [5.41, 5.74) is 3.35. The molecule has 2 heterocycles. The van der Waals surface area contributed by atoms with Crippen molar-refractivity contribution in [1.82, 2.24) is 10.2 Å². The lowest BCUT2D eigenvalue weighted by atomic mass is 9.84. The molecule has 0 unspecified atom stereocenters. The summed E-state index contributed by atoms with van der Waals surface area (Å²) >= 11 is 0. The maximum Gasteiger partial charge on any atom is 0.269 e. The van der Waals surface area contributed by atoms with E-state index in [4.69, 9.17) is 0 Å². The zero-order chi connectivity index (χ0) is 17.4. The molecule has 0 saturated carbocycles. The normalized spacial score (nSPS) is 16.2. The summed E-state index contributed by atoms with van der Waals surface area (Å²) < 4.78 is 0. The molecule has 0 spiro atoms. The number of hydrogen-bond acceptors (Lipinski definition) is 4. The Hall–Kier alpha value is -3.48. The van der Waals surface area contributed by atoms with E-state index in [1.807, 2.05) is 36.4 Å². The molecule has 4 rings (SSSR count). The van der Waals surface area contributed by atoms with Crippen LogP contribution in [0.25, 0.3) is 11.3 Å². The Labute approximate surface area is 142 Å². The molecule has 1 atom stereocenters. The summed E-state index contributed by atoms with van der Waals surface area (Å²) in [6, 6.07) is 16.1. The molecule has 25 heavy (non-hydrogen) atoms. The standard InChI is InChI=1S/C18H14N4O3/c23-15-10-14(12-7-4-8-13(9-12)22(24)25)16-17(20-21-18(16)19-15)11-5-2-1-3-6-11/h1-9,14H,10H2,(H2,19,20,21,23)/t14-/m1/s1. The van der Waals surface area contributed by atoms with Gasteiger partial charge in [-0.1, -0.05) is 42.5 Å². The van der Waals surface area contributed by atoms with Crippen molar-refractivity contribution in [2.45, 2.75) is 12.3 Å². The topological polar surface area (TPSA) is 101 Å². The van der Waals surface area contributed by atoms with Gasteiger partial charge in [0.05, 0.1) is 10.6 Å². The number of amides is 1. The highest BCUT2D eigenvalue weighted by Gasteiger charge is 2.32. The van der Waals surface area contributed by atoms with Crippen molar-refractivity contribution in [2.24, 2.45) is 0 Å². The van der Waals surface area contributed by atoms with Crippen molar-refractivity contribution < 1.29 is 9.72 Å². The Morgan fingerprint density at radius 2 is 1.92 bits per heavy atom. The summed E-state index contributed by atoms with van der Waals surface area (Å²) in [6.45, 7) is 0. The predicted octanol–water partition coefficient (Wildman–Crippen LogP) is 3.46. The number of H-pyrrole nitrogens is 1. The van der Waals surface area contributed by atoms with Crippen molar-refractivity contribution in [3.63, 3.8) is 0 Å². The molecule has 0 radical (unpaired) electrons. The number of carbonyl (C=O) groups is 1. The number of non-ortho nitro benzene ring substituents is 1. The molecule has 124 valence electrons. The number of carbonyl (C=O) groups excluding carboxylic acids is 1. The van der Waals surface area contributed by atoms with Crippen LogP contribution in [0.3, 0.4) is 0 Å². The number of nitrogens with zero attached hydrogens (tertiary/aromatic N) is 2. The van der Waals surface area contributed by atoms with Gasteiger partial charge in [0.25, 0.3) is 5.69 Å². The molecule has 2 aromatic carbocycles. The van der Waals surface area contributed by atoms with Crippen molar-refractivity contribution >= 4 is 17.4 Å². The average molecular weight is 334 g/mol. The average Bonchev–Trinajstić information content (AvgIpc) is 3.05. The van der Waals surface area contributed by atoms with Crippen LogP contribution in [0.1, 0.15) is 23.5 Å². The molecule has 7 nitrogen and oxygen atoms in total. The van der Waals surface area contributed by atoms with E-state index in [9.17, 15) is 14.9 Å². The van der Waals surface area contributed by atoms with Crippen molar-refractivity contribution in [2.75, 3.05) is 5.32 Å². The van der Waals surface area contributed by atoms with Gasteiger partial charge in [-0.25, -0.2) is 0 Å². The van der Waals surface area contributed by atoms with Crippen molar-refractivity contribution in [3.05, 3.63) is 75.8 Å². The monoisotopic (exact) mass is 334 g/mol. The van der Waals surface area contributed by atoms with Crippen molar-refractivity contribution in [1.29, 1.82) is 0 Å². The number of aromatic nitrogens is 2. The number of hydrogen-bond donors (Lipinski definition) is 2. The molecular weight excluding hydrogens is 320 g/mol. The molecule has 1 amide bonds. The third-order valence-corrected chi connectivity index (χ3v) is 4.35. The lowest BCUT2D eigenvalue weighted by Gasteiger charge is -2.23. The van der Waals surface area contributed by atoms with Gasteiger partial charge in [0.1, 0.15) is 0 Å². The second-order valence-corrected chi connectivity index (χ2v) is 5.88. The van der Waals surface area contributed by atoms with Gasteiger partial charge in [0.15, 0.2) is 5.82 Å². The summed E-state index contributed by atoms with van der Waals surface area (Å²) in [5.74, 6) is 0.0272. The first-order chi connectivity index (χ1) is 12.1. The van der Waals surface area contributed by atoms with E-state index in [0.717, 1.165) is 22.4 Å². The van der Waals surface area contributed by atoms with Crippen LogP contribution in [0.2, 0.25) is 0 Å². The minimum absolute atomic E-state index is 0.00906. The second-order valence-electron chi connectivity index (χ2n) is 5.88. The van der Waals surface area contributed by atoms with Gasteiger partial charge >= 0.3 is 0 Å². The molecule has 2 N–H and O–H groups in total. The third-order valence-electron chi connectivity index (χ3n) is 4.35. The van der Waals surface area contributed by atoms with Gasteiger partial charge < -0.3 is 5.32 Å². The third kappa shape index (κ3) is 2.65. The smallest absolute Gasteiger partial charge is 0.269 e. The van der Waals surface area contributed by atoms with E-state index >= 15 is 0 Å². The fraction of sp³-hybridized carbons (Fsp3) is 0.111. The Morgan fingerprint density at radius 1 is 1.12 bits per heavy atom. The largest absolute Gasteiger partial charge is 0.309 e. The van der Waals surface area contributed by atoms with E-state index in [1.165, 1.54) is 12.1 Å². The number of aromatic amines is 1. The number of rotatable bonds is 3. The Morgan fingerprint density at radius 3 is 2.68 bits per heavy atom. The van der Waals surface area contributed by atoms with Gasteiger partial charge in [-0.2, -0.15) is 5.10 Å². The molecule has 1 aliphatic heterocycles. The fourth-order valence-corrected chi connectivity index (χ4v) is 3.22. The second kappa shape index (κ2) is 5.86.